The van der Waals surface area contributed by atoms with E-state index in [1.807, 2.05) is 0 Å². The van der Waals surface area contributed by atoms with Gasteiger partial charge in [-0.3, -0.25) is 4.79 Å². The maximum atomic E-state index is 13.0. The smallest absolute Gasteiger partial charge is 0.338 e. The molecule has 0 aromatic heterocycles. The van der Waals surface area contributed by atoms with Crippen LogP contribution in [0, 0.1) is 0 Å². The van der Waals surface area contributed by atoms with Crippen molar-refractivity contribution in [2.24, 2.45) is 0 Å². The number of carbonyl (C=O) groups is 2. The molecule has 2 aliphatic heterocycles. The molecule has 0 aromatic carbocycles. The monoisotopic (exact) mass is 313 g/mol. The summed E-state index contributed by atoms with van der Waals surface area (Å²) < 4.78 is 31.0. The molecule has 0 radical (unpaired) electrons. The van der Waals surface area contributed by atoms with Gasteiger partial charge in [-0.15, -0.1) is 23.5 Å². The van der Waals surface area contributed by atoms with Crippen LogP contribution in [-0.2, 0) is 14.3 Å². The molecule has 2 saturated heterocycles. The minimum atomic E-state index is -2.71. The summed E-state index contributed by atoms with van der Waals surface area (Å²) in [4.78, 5) is 23.1. The van der Waals surface area contributed by atoms with Crippen LogP contribution in [0.25, 0.3) is 0 Å². The Kier molecular flexibility index (Phi) is 4.26. The number of carboxylic acids is 1. The zero-order chi connectivity index (χ0) is 14.2. The third-order valence-electron chi connectivity index (χ3n) is 3.05. The molecule has 9 heteroatoms. The number of hydrogen-bond acceptors (Lipinski definition) is 6. The highest BCUT2D eigenvalue weighted by atomic mass is 32.2. The first-order valence-corrected chi connectivity index (χ1v) is 7.69. The lowest BCUT2D eigenvalue weighted by atomic mass is 10.2. The van der Waals surface area contributed by atoms with E-state index in [0.717, 1.165) is 28.4 Å². The molecule has 19 heavy (non-hydrogen) atoms. The first-order valence-electron chi connectivity index (χ1n) is 5.66. The molecule has 0 saturated carbocycles. The Labute approximate surface area is 117 Å². The molecular weight excluding hydrogens is 300 g/mol. The first kappa shape index (κ1) is 14.9. The van der Waals surface area contributed by atoms with Crippen LogP contribution in [0.3, 0.4) is 0 Å². The summed E-state index contributed by atoms with van der Waals surface area (Å²) in [7, 11) is 0. The number of alkyl halides is 2. The van der Waals surface area contributed by atoms with E-state index in [1.165, 1.54) is 0 Å². The van der Waals surface area contributed by atoms with Gasteiger partial charge in [0.15, 0.2) is 4.87 Å². The van der Waals surface area contributed by atoms with E-state index in [0.29, 0.717) is 0 Å². The number of thioether (sulfide) groups is 2. The van der Waals surface area contributed by atoms with Crippen LogP contribution < -0.4 is 0 Å². The lowest BCUT2D eigenvalue weighted by molar-refractivity contribution is -0.155. The molecule has 2 fully saturated rings. The van der Waals surface area contributed by atoms with Crippen molar-refractivity contribution in [1.82, 2.24) is 4.90 Å². The highest BCUT2D eigenvalue weighted by Gasteiger charge is 2.64. The molecule has 0 aliphatic carbocycles. The predicted molar refractivity (Wildman–Crippen MR) is 67.3 cm³/mol. The summed E-state index contributed by atoms with van der Waals surface area (Å²) in [5.41, 5.74) is 0. The standard InChI is InChI=1S/C10H13F2NO4S2/c1-2-17-9(16)10-4-18-7(6(11)12)13(10)5(3-19-10)8(14)15/h5-7H,2-4H2,1H3,(H,14,15)/t5-,7-,10+/m0/s1. The zero-order valence-electron chi connectivity index (χ0n) is 10.0. The van der Waals surface area contributed by atoms with E-state index in [1.54, 1.807) is 6.92 Å². The fraction of sp³-hybridized carbons (Fsp3) is 0.800. The number of aliphatic carboxylic acids is 1. The average molecular weight is 313 g/mol. The second-order valence-corrected chi connectivity index (χ2v) is 6.52. The van der Waals surface area contributed by atoms with E-state index in [2.05, 4.69) is 0 Å². The molecule has 0 unspecified atom stereocenters. The number of halogens is 2. The molecule has 0 spiro atoms. The van der Waals surface area contributed by atoms with Crippen molar-refractivity contribution in [2.45, 2.75) is 29.6 Å². The summed E-state index contributed by atoms with van der Waals surface area (Å²) in [5, 5.41) is 7.85. The van der Waals surface area contributed by atoms with Crippen LogP contribution >= 0.6 is 23.5 Å². The van der Waals surface area contributed by atoms with Crippen LogP contribution in [0.4, 0.5) is 8.78 Å². The highest BCUT2D eigenvalue weighted by molar-refractivity contribution is 8.05. The summed E-state index contributed by atoms with van der Waals surface area (Å²) in [6.45, 7) is 1.76. The van der Waals surface area contributed by atoms with Gasteiger partial charge in [0.25, 0.3) is 6.43 Å². The van der Waals surface area contributed by atoms with Gasteiger partial charge in [0.2, 0.25) is 0 Å². The Morgan fingerprint density at radius 3 is 2.79 bits per heavy atom. The van der Waals surface area contributed by atoms with Gasteiger partial charge in [0.05, 0.1) is 6.61 Å². The number of nitrogens with zero attached hydrogens (tertiary/aromatic N) is 1. The molecule has 2 aliphatic rings. The van der Waals surface area contributed by atoms with Crippen molar-refractivity contribution in [3.05, 3.63) is 0 Å². The summed E-state index contributed by atoms with van der Waals surface area (Å²) in [6.07, 6.45) is -2.71. The molecule has 0 aromatic rings. The number of carbonyl (C=O) groups excluding carboxylic acids is 1. The maximum absolute atomic E-state index is 13.0. The van der Waals surface area contributed by atoms with Crippen LogP contribution in [-0.4, -0.2) is 62.8 Å². The third-order valence-corrected chi connectivity index (χ3v) is 6.08. The molecule has 2 heterocycles. The first-order chi connectivity index (χ1) is 8.94. The van der Waals surface area contributed by atoms with Gasteiger partial charge in [0, 0.05) is 11.5 Å². The Morgan fingerprint density at radius 1 is 1.58 bits per heavy atom. The quantitative estimate of drug-likeness (QED) is 0.779. The topological polar surface area (TPSA) is 66.8 Å². The Bertz CT molecular complexity index is 398. The van der Waals surface area contributed by atoms with E-state index < -0.39 is 34.7 Å². The molecule has 108 valence electrons. The minimum absolute atomic E-state index is 0.109. The second-order valence-electron chi connectivity index (χ2n) is 4.11. The van der Waals surface area contributed by atoms with E-state index >= 15 is 0 Å². The van der Waals surface area contributed by atoms with Crippen LogP contribution in [0.15, 0.2) is 0 Å². The lowest BCUT2D eigenvalue weighted by Gasteiger charge is -2.32. The molecule has 3 atom stereocenters. The summed E-state index contributed by atoms with van der Waals surface area (Å²) in [6, 6.07) is -1.08. The van der Waals surface area contributed by atoms with Gasteiger partial charge in [-0.25, -0.2) is 18.5 Å². The average Bonchev–Trinajstić information content (AvgIpc) is 2.85. The largest absolute Gasteiger partial charge is 0.480 e. The van der Waals surface area contributed by atoms with Crippen molar-refractivity contribution in [3.63, 3.8) is 0 Å². The predicted octanol–water partition coefficient (Wildman–Crippen LogP) is 1.09. The Morgan fingerprint density at radius 2 is 2.26 bits per heavy atom. The molecule has 1 N–H and O–H groups in total. The Balaban J connectivity index is 2.33. The summed E-state index contributed by atoms with van der Waals surface area (Å²) in [5.74, 6) is -1.58. The van der Waals surface area contributed by atoms with E-state index in [-0.39, 0.29) is 18.1 Å². The molecule has 0 bridgehead atoms. The number of esters is 1. The molecule has 2 rings (SSSR count). The molecular formula is C10H13F2NO4S2. The van der Waals surface area contributed by atoms with E-state index in [4.69, 9.17) is 9.84 Å². The molecule has 5 nitrogen and oxygen atoms in total. The highest BCUT2D eigenvalue weighted by Crippen LogP contribution is 2.52. The van der Waals surface area contributed by atoms with Gasteiger partial charge in [-0.05, 0) is 6.92 Å². The van der Waals surface area contributed by atoms with Crippen LogP contribution in [0.5, 0.6) is 0 Å². The SMILES string of the molecule is CCOC(=O)[C@]12CS[C@@H](C(F)F)N1[C@H](C(=O)O)CS2. The number of fused-ring (bicyclic) bond motifs is 1. The maximum Gasteiger partial charge on any atom is 0.338 e. The fourth-order valence-corrected chi connectivity index (χ4v) is 5.46. The zero-order valence-corrected chi connectivity index (χ0v) is 11.7. The van der Waals surface area contributed by atoms with Gasteiger partial charge in [0.1, 0.15) is 11.4 Å². The van der Waals surface area contributed by atoms with Crippen LogP contribution in [0.1, 0.15) is 6.92 Å². The third kappa shape index (κ3) is 2.31. The second kappa shape index (κ2) is 5.45. The fourth-order valence-electron chi connectivity index (χ4n) is 2.25. The van der Waals surface area contributed by atoms with Crippen molar-refractivity contribution < 1.29 is 28.2 Å². The number of rotatable bonds is 4. The van der Waals surface area contributed by atoms with Crippen molar-refractivity contribution in [1.29, 1.82) is 0 Å². The van der Waals surface area contributed by atoms with Crippen LogP contribution in [0.2, 0.25) is 0 Å². The number of hydrogen-bond donors (Lipinski definition) is 1. The van der Waals surface area contributed by atoms with Gasteiger partial charge >= 0.3 is 11.9 Å². The van der Waals surface area contributed by atoms with Gasteiger partial charge < -0.3 is 9.84 Å². The Hall–Kier alpha value is -0.540. The lowest BCUT2D eigenvalue weighted by Crippen LogP contribution is -2.55. The minimum Gasteiger partial charge on any atom is -0.480 e. The number of carboxylic acid groups (broad SMARTS) is 1. The van der Waals surface area contributed by atoms with Gasteiger partial charge in [-0.2, -0.15) is 0 Å². The summed E-state index contributed by atoms with van der Waals surface area (Å²) >= 11 is 1.99. The molecule has 0 amide bonds. The van der Waals surface area contributed by atoms with Crippen molar-refractivity contribution in [2.75, 3.05) is 18.1 Å². The van der Waals surface area contributed by atoms with Crippen molar-refractivity contribution in [3.8, 4) is 0 Å². The normalized spacial score (nSPS) is 34.5. The van der Waals surface area contributed by atoms with Gasteiger partial charge in [-0.1, -0.05) is 0 Å². The number of ether oxygens (including phenoxy) is 1. The van der Waals surface area contributed by atoms with Crippen molar-refractivity contribution >= 4 is 35.5 Å². The van der Waals surface area contributed by atoms with E-state index in [9.17, 15) is 18.4 Å².